The molecule has 2 N–H and O–H groups in total. The van der Waals surface area contributed by atoms with Gasteiger partial charge < -0.3 is 29.7 Å². The summed E-state index contributed by atoms with van der Waals surface area (Å²) in [6.07, 6.45) is 0.104. The number of ether oxygens (including phenoxy) is 3. The summed E-state index contributed by atoms with van der Waals surface area (Å²) < 4.78 is 31.7. The van der Waals surface area contributed by atoms with Crippen molar-refractivity contribution in [3.63, 3.8) is 0 Å². The number of nitrogens with zero attached hydrogens (tertiary/aromatic N) is 5. The van der Waals surface area contributed by atoms with E-state index in [-0.39, 0.29) is 35.1 Å². The lowest BCUT2D eigenvalue weighted by Crippen LogP contribution is -2.34. The van der Waals surface area contributed by atoms with Crippen molar-refractivity contribution in [1.82, 2.24) is 19.7 Å². The van der Waals surface area contributed by atoms with Gasteiger partial charge in [0.15, 0.2) is 11.6 Å². The second kappa shape index (κ2) is 11.4. The number of methoxy groups -OCH3 is 1. The Kier molecular flexibility index (Phi) is 8.44. The number of halogens is 1. The average molecular weight is 539 g/mol. The molecule has 0 aliphatic heterocycles. The maximum absolute atomic E-state index is 14.0. The Hall–Kier alpha value is -4.66. The van der Waals surface area contributed by atoms with Crippen LogP contribution in [0.4, 0.5) is 20.8 Å². The van der Waals surface area contributed by atoms with E-state index < -0.39 is 29.6 Å². The summed E-state index contributed by atoms with van der Waals surface area (Å²) in [5.74, 6) is -0.792. The van der Waals surface area contributed by atoms with Crippen molar-refractivity contribution in [1.29, 1.82) is 0 Å². The zero-order valence-electron chi connectivity index (χ0n) is 22.9. The first-order chi connectivity index (χ1) is 18.2. The number of aromatic nitrogens is 3. The van der Waals surface area contributed by atoms with E-state index >= 15 is 0 Å². The second-order valence-electron chi connectivity index (χ2n) is 9.81. The molecule has 1 unspecified atom stereocenters. The number of carbonyl (C=O) groups excluding carboxylic acids is 2. The highest BCUT2D eigenvalue weighted by atomic mass is 19.1. The number of pyridine rings is 1. The molecular weight excluding hydrogens is 507 g/mol. The molecule has 2 heterocycles. The molecule has 2 aromatic heterocycles. The molecule has 1 atom stereocenters. The van der Waals surface area contributed by atoms with Crippen LogP contribution in [-0.4, -0.2) is 51.5 Å². The molecule has 0 aliphatic rings. The maximum Gasteiger partial charge on any atom is 0.410 e. The average Bonchev–Trinajstić information content (AvgIpc) is 3.18. The number of nitrogens with two attached hydrogens (primary N) is 1. The summed E-state index contributed by atoms with van der Waals surface area (Å²) in [6, 6.07) is 5.24. The monoisotopic (exact) mass is 538 g/mol. The van der Waals surface area contributed by atoms with Crippen molar-refractivity contribution >= 4 is 23.7 Å². The van der Waals surface area contributed by atoms with Gasteiger partial charge in [-0.2, -0.15) is 0 Å². The zero-order valence-corrected chi connectivity index (χ0v) is 22.9. The molecular formula is C27H31FN6O5. The number of amides is 1. The largest absolute Gasteiger partial charge is 0.482 e. The third-order valence-electron chi connectivity index (χ3n) is 5.62. The van der Waals surface area contributed by atoms with Gasteiger partial charge in [-0.25, -0.2) is 23.6 Å². The van der Waals surface area contributed by atoms with Gasteiger partial charge in [0.2, 0.25) is 0 Å². The highest BCUT2D eigenvalue weighted by Gasteiger charge is 2.26. The number of rotatable bonds is 7. The van der Waals surface area contributed by atoms with E-state index in [2.05, 4.69) is 14.9 Å². The SMILES string of the molecule is [C-]#[N+]c1c(-c2cnc(N)c(OC(C)c3cc(F)ccc3C(=O)OC)c2)c(CN(C)C(=O)OC(C)(C)C)nn1C. The molecule has 0 saturated heterocycles. The van der Waals surface area contributed by atoms with E-state index in [1.807, 2.05) is 0 Å². The second-order valence-corrected chi connectivity index (χ2v) is 9.81. The van der Waals surface area contributed by atoms with Gasteiger partial charge in [-0.3, -0.25) is 0 Å². The summed E-state index contributed by atoms with van der Waals surface area (Å²) >= 11 is 0. The molecule has 0 radical (unpaired) electrons. The van der Waals surface area contributed by atoms with Crippen LogP contribution in [0, 0.1) is 12.4 Å². The molecule has 0 bridgehead atoms. The number of esters is 1. The third kappa shape index (κ3) is 6.62. The van der Waals surface area contributed by atoms with Crippen molar-refractivity contribution < 1.29 is 28.2 Å². The van der Waals surface area contributed by atoms with Crippen LogP contribution < -0.4 is 10.5 Å². The van der Waals surface area contributed by atoms with E-state index in [1.54, 1.807) is 47.9 Å². The molecule has 0 aliphatic carbocycles. The van der Waals surface area contributed by atoms with Crippen LogP contribution in [0.5, 0.6) is 5.75 Å². The molecule has 1 aromatic carbocycles. The molecule has 3 rings (SSSR count). The number of nitrogen functional groups attached to an aromatic ring is 1. The van der Waals surface area contributed by atoms with Crippen LogP contribution >= 0.6 is 0 Å². The van der Waals surface area contributed by atoms with E-state index in [1.165, 1.54) is 35.0 Å². The Bertz CT molecular complexity index is 1440. The molecule has 3 aromatic rings. The standard InChI is InChI=1S/C27H31FN6O5/c1-15(19-12-17(28)9-10-18(19)25(35)37-8)38-21-11-16(13-31-23(21)29)22-20(32-34(7)24(22)30-5)14-33(6)26(36)39-27(2,3)4/h9-13,15H,14H2,1-4,6-8H3,(H2,29,31). The van der Waals surface area contributed by atoms with Gasteiger partial charge in [-0.15, -0.1) is 5.10 Å². The zero-order chi connectivity index (χ0) is 29.1. The van der Waals surface area contributed by atoms with Crippen LogP contribution in [0.1, 0.15) is 55.4 Å². The first kappa shape index (κ1) is 28.9. The Balaban J connectivity index is 2.00. The van der Waals surface area contributed by atoms with Crippen molar-refractivity contribution in [3.8, 4) is 16.9 Å². The molecule has 12 heteroatoms. The normalized spacial score (nSPS) is 11.9. The van der Waals surface area contributed by atoms with Gasteiger partial charge in [-0.05, 0) is 57.5 Å². The minimum absolute atomic E-state index is 0.0438. The molecule has 11 nitrogen and oxygen atoms in total. The number of carbonyl (C=O) groups is 2. The quantitative estimate of drug-likeness (QED) is 0.327. The van der Waals surface area contributed by atoms with E-state index in [4.69, 9.17) is 26.5 Å². The fourth-order valence-corrected chi connectivity index (χ4v) is 3.84. The number of benzene rings is 1. The lowest BCUT2D eigenvalue weighted by atomic mass is 10.0. The van der Waals surface area contributed by atoms with E-state index in [0.29, 0.717) is 16.8 Å². The minimum atomic E-state index is -0.818. The molecule has 206 valence electrons. The Morgan fingerprint density at radius 1 is 1.28 bits per heavy atom. The van der Waals surface area contributed by atoms with Crippen LogP contribution in [0.2, 0.25) is 0 Å². The Labute approximate surface area is 226 Å². The summed E-state index contributed by atoms with van der Waals surface area (Å²) in [4.78, 5) is 34.0. The number of anilines is 1. The summed E-state index contributed by atoms with van der Waals surface area (Å²) in [6.45, 7) is 14.7. The topological polar surface area (TPSA) is 126 Å². The van der Waals surface area contributed by atoms with Crippen LogP contribution in [0.3, 0.4) is 0 Å². The fraction of sp³-hybridized carbons (Fsp3) is 0.370. The van der Waals surface area contributed by atoms with Crippen molar-refractivity contribution in [2.45, 2.75) is 45.9 Å². The minimum Gasteiger partial charge on any atom is -0.482 e. The molecule has 0 saturated carbocycles. The summed E-state index contributed by atoms with van der Waals surface area (Å²) in [5.41, 5.74) is 7.14. The van der Waals surface area contributed by atoms with Crippen molar-refractivity contribution in [2.75, 3.05) is 19.9 Å². The van der Waals surface area contributed by atoms with Crippen LogP contribution in [0.15, 0.2) is 30.5 Å². The van der Waals surface area contributed by atoms with Gasteiger partial charge >= 0.3 is 12.1 Å². The Morgan fingerprint density at radius 2 is 1.97 bits per heavy atom. The summed E-state index contributed by atoms with van der Waals surface area (Å²) in [7, 11) is 4.42. The number of aryl methyl sites for hydroxylation is 1. The van der Waals surface area contributed by atoms with E-state index in [0.717, 1.165) is 6.07 Å². The molecule has 39 heavy (non-hydrogen) atoms. The predicted octanol–water partition coefficient (Wildman–Crippen LogP) is 5.05. The third-order valence-corrected chi connectivity index (χ3v) is 5.62. The van der Waals surface area contributed by atoms with Gasteiger partial charge in [0.05, 0.1) is 26.3 Å². The first-order valence-electron chi connectivity index (χ1n) is 11.9. The number of hydrogen-bond acceptors (Lipinski definition) is 8. The van der Waals surface area contributed by atoms with Crippen LogP contribution in [-0.2, 0) is 23.1 Å². The van der Waals surface area contributed by atoms with Gasteiger partial charge in [0.1, 0.15) is 23.2 Å². The number of hydrogen-bond donors (Lipinski definition) is 1. The summed E-state index contributed by atoms with van der Waals surface area (Å²) in [5, 5.41) is 4.45. The molecule has 1 amide bonds. The Morgan fingerprint density at radius 3 is 2.59 bits per heavy atom. The van der Waals surface area contributed by atoms with Crippen molar-refractivity contribution in [3.05, 3.63) is 64.5 Å². The molecule has 0 fully saturated rings. The maximum atomic E-state index is 14.0. The first-order valence-corrected chi connectivity index (χ1v) is 11.9. The highest BCUT2D eigenvalue weighted by Crippen LogP contribution is 2.38. The van der Waals surface area contributed by atoms with Crippen LogP contribution in [0.25, 0.3) is 16.0 Å². The van der Waals surface area contributed by atoms with Gasteiger partial charge in [0, 0.05) is 24.4 Å². The smallest absolute Gasteiger partial charge is 0.410 e. The fourth-order valence-electron chi connectivity index (χ4n) is 3.84. The lowest BCUT2D eigenvalue weighted by molar-refractivity contribution is 0.0283. The van der Waals surface area contributed by atoms with Gasteiger partial charge in [-0.1, -0.05) is 6.57 Å². The molecule has 0 spiro atoms. The van der Waals surface area contributed by atoms with Gasteiger partial charge in [0.25, 0.3) is 5.82 Å². The predicted molar refractivity (Wildman–Crippen MR) is 142 cm³/mol. The highest BCUT2D eigenvalue weighted by molar-refractivity contribution is 5.91. The van der Waals surface area contributed by atoms with Crippen molar-refractivity contribution in [2.24, 2.45) is 7.05 Å². The van der Waals surface area contributed by atoms with E-state index in [9.17, 15) is 14.0 Å². The lowest BCUT2D eigenvalue weighted by Gasteiger charge is -2.24.